The van der Waals surface area contributed by atoms with E-state index >= 15 is 0 Å². The van der Waals surface area contributed by atoms with Gasteiger partial charge >= 0.3 is 0 Å². The number of rotatable bonds is 4. The molecule has 0 amide bonds. The summed E-state index contributed by atoms with van der Waals surface area (Å²) in [5.74, 6) is 2.26. The molecule has 0 saturated carbocycles. The Kier molecular flexibility index (Phi) is 5.26. The maximum absolute atomic E-state index is 5.58. The van der Waals surface area contributed by atoms with E-state index < -0.39 is 0 Å². The molecule has 0 aliphatic carbocycles. The molecule has 1 fully saturated rings. The Bertz CT molecular complexity index is 191. The van der Waals surface area contributed by atoms with E-state index in [0.717, 1.165) is 37.5 Å². The van der Waals surface area contributed by atoms with E-state index in [4.69, 9.17) is 4.74 Å². The predicted molar refractivity (Wildman–Crippen MR) is 69.6 cm³/mol. The van der Waals surface area contributed by atoms with Crippen molar-refractivity contribution in [3.05, 3.63) is 0 Å². The molecule has 1 saturated heterocycles. The zero-order valence-electron chi connectivity index (χ0n) is 11.7. The highest BCUT2D eigenvalue weighted by Crippen LogP contribution is 2.27. The minimum Gasteiger partial charge on any atom is -0.381 e. The zero-order valence-corrected chi connectivity index (χ0v) is 11.7. The SMILES string of the molecule is CC(CNC(C)(C)C)C(C)C1CCCOC1. The molecule has 1 aliphatic heterocycles. The zero-order chi connectivity index (χ0) is 12.2. The topological polar surface area (TPSA) is 21.3 Å². The number of nitrogens with one attached hydrogen (secondary N) is 1. The van der Waals surface area contributed by atoms with Crippen molar-refractivity contribution >= 4 is 0 Å². The molecule has 1 rings (SSSR count). The van der Waals surface area contributed by atoms with Gasteiger partial charge in [-0.1, -0.05) is 13.8 Å². The molecule has 16 heavy (non-hydrogen) atoms. The summed E-state index contributed by atoms with van der Waals surface area (Å²) in [5, 5.41) is 3.60. The summed E-state index contributed by atoms with van der Waals surface area (Å²) < 4.78 is 5.58. The predicted octanol–water partition coefficient (Wildman–Crippen LogP) is 3.07. The summed E-state index contributed by atoms with van der Waals surface area (Å²) in [4.78, 5) is 0. The Labute approximate surface area is 101 Å². The highest BCUT2D eigenvalue weighted by atomic mass is 16.5. The third-order valence-corrected chi connectivity index (χ3v) is 3.79. The molecule has 3 atom stereocenters. The van der Waals surface area contributed by atoms with Crippen LogP contribution in [0.3, 0.4) is 0 Å². The first-order valence-electron chi connectivity index (χ1n) is 6.73. The van der Waals surface area contributed by atoms with Gasteiger partial charge in [-0.25, -0.2) is 0 Å². The molecule has 1 N–H and O–H groups in total. The average molecular weight is 227 g/mol. The van der Waals surface area contributed by atoms with Crippen molar-refractivity contribution in [2.75, 3.05) is 19.8 Å². The molecule has 0 aromatic carbocycles. The molecule has 3 unspecified atom stereocenters. The second-order valence-corrected chi connectivity index (χ2v) is 6.44. The van der Waals surface area contributed by atoms with Crippen molar-refractivity contribution < 1.29 is 4.74 Å². The standard InChI is InChI=1S/C14H29NO/c1-11(9-15-14(3,4)5)12(2)13-7-6-8-16-10-13/h11-13,15H,6-10H2,1-5H3. The first-order valence-corrected chi connectivity index (χ1v) is 6.73. The van der Waals surface area contributed by atoms with Gasteiger partial charge in [0, 0.05) is 18.8 Å². The maximum Gasteiger partial charge on any atom is 0.0496 e. The summed E-state index contributed by atoms with van der Waals surface area (Å²) in [6.07, 6.45) is 2.59. The van der Waals surface area contributed by atoms with Gasteiger partial charge in [0.1, 0.15) is 0 Å². The van der Waals surface area contributed by atoms with Gasteiger partial charge in [0.2, 0.25) is 0 Å². The molecular formula is C14H29NO. The molecule has 1 aliphatic rings. The van der Waals surface area contributed by atoms with E-state index in [0.29, 0.717) is 0 Å². The highest BCUT2D eigenvalue weighted by Gasteiger charge is 2.25. The fraction of sp³-hybridized carbons (Fsp3) is 1.00. The van der Waals surface area contributed by atoms with Gasteiger partial charge in [-0.15, -0.1) is 0 Å². The van der Waals surface area contributed by atoms with Crippen LogP contribution in [0.1, 0.15) is 47.5 Å². The Morgan fingerprint density at radius 1 is 1.31 bits per heavy atom. The van der Waals surface area contributed by atoms with Crippen LogP contribution < -0.4 is 5.32 Å². The quantitative estimate of drug-likeness (QED) is 0.797. The van der Waals surface area contributed by atoms with E-state index in [-0.39, 0.29) is 5.54 Å². The van der Waals surface area contributed by atoms with E-state index in [9.17, 15) is 0 Å². The Hall–Kier alpha value is -0.0800. The molecule has 2 nitrogen and oxygen atoms in total. The lowest BCUT2D eigenvalue weighted by molar-refractivity contribution is 0.0224. The van der Waals surface area contributed by atoms with Crippen molar-refractivity contribution in [3.63, 3.8) is 0 Å². The second kappa shape index (κ2) is 6.02. The lowest BCUT2D eigenvalue weighted by Crippen LogP contribution is -2.41. The van der Waals surface area contributed by atoms with E-state index in [1.807, 2.05) is 0 Å². The van der Waals surface area contributed by atoms with Crippen LogP contribution in [0, 0.1) is 17.8 Å². The summed E-state index contributed by atoms with van der Waals surface area (Å²) in [7, 11) is 0. The van der Waals surface area contributed by atoms with E-state index in [1.54, 1.807) is 0 Å². The Balaban J connectivity index is 2.31. The van der Waals surface area contributed by atoms with Crippen LogP contribution in [0.4, 0.5) is 0 Å². The number of hydrogen-bond acceptors (Lipinski definition) is 2. The molecule has 0 aromatic rings. The van der Waals surface area contributed by atoms with Gasteiger partial charge in [-0.05, 0) is 57.9 Å². The summed E-state index contributed by atoms with van der Waals surface area (Å²) in [5.41, 5.74) is 0.233. The Morgan fingerprint density at radius 2 is 2.00 bits per heavy atom. The fourth-order valence-corrected chi connectivity index (χ4v) is 2.30. The Morgan fingerprint density at radius 3 is 2.50 bits per heavy atom. The lowest BCUT2D eigenvalue weighted by atomic mass is 9.81. The average Bonchev–Trinajstić information content (AvgIpc) is 2.25. The fourth-order valence-electron chi connectivity index (χ4n) is 2.30. The van der Waals surface area contributed by atoms with Crippen molar-refractivity contribution in [1.82, 2.24) is 5.32 Å². The smallest absolute Gasteiger partial charge is 0.0496 e. The van der Waals surface area contributed by atoms with Gasteiger partial charge in [-0.2, -0.15) is 0 Å². The third-order valence-electron chi connectivity index (χ3n) is 3.79. The first kappa shape index (κ1) is 14.0. The molecule has 0 spiro atoms. The van der Waals surface area contributed by atoms with E-state index in [2.05, 4.69) is 39.9 Å². The van der Waals surface area contributed by atoms with Crippen LogP contribution in [0.25, 0.3) is 0 Å². The normalized spacial score (nSPS) is 26.4. The van der Waals surface area contributed by atoms with Crippen molar-refractivity contribution in [1.29, 1.82) is 0 Å². The highest BCUT2D eigenvalue weighted by molar-refractivity contribution is 4.78. The van der Waals surface area contributed by atoms with Gasteiger partial charge in [-0.3, -0.25) is 0 Å². The second-order valence-electron chi connectivity index (χ2n) is 6.44. The minimum atomic E-state index is 0.233. The van der Waals surface area contributed by atoms with Crippen LogP contribution in [0.5, 0.6) is 0 Å². The molecule has 2 heteroatoms. The monoisotopic (exact) mass is 227 g/mol. The van der Waals surface area contributed by atoms with E-state index in [1.165, 1.54) is 12.8 Å². The van der Waals surface area contributed by atoms with Gasteiger partial charge in [0.15, 0.2) is 0 Å². The molecular weight excluding hydrogens is 198 g/mol. The number of ether oxygens (including phenoxy) is 1. The molecule has 1 heterocycles. The maximum atomic E-state index is 5.58. The van der Waals surface area contributed by atoms with Gasteiger partial charge in [0.25, 0.3) is 0 Å². The van der Waals surface area contributed by atoms with Crippen LogP contribution in [0.15, 0.2) is 0 Å². The molecule has 96 valence electrons. The van der Waals surface area contributed by atoms with Crippen molar-refractivity contribution in [2.24, 2.45) is 17.8 Å². The van der Waals surface area contributed by atoms with Crippen LogP contribution in [-0.4, -0.2) is 25.3 Å². The van der Waals surface area contributed by atoms with Gasteiger partial charge < -0.3 is 10.1 Å². The molecule has 0 bridgehead atoms. The van der Waals surface area contributed by atoms with Crippen LogP contribution in [0.2, 0.25) is 0 Å². The largest absolute Gasteiger partial charge is 0.381 e. The molecule has 0 aromatic heterocycles. The molecule has 0 radical (unpaired) electrons. The lowest BCUT2D eigenvalue weighted by Gasteiger charge is -2.33. The third kappa shape index (κ3) is 4.84. The van der Waals surface area contributed by atoms with Crippen molar-refractivity contribution in [2.45, 2.75) is 53.0 Å². The van der Waals surface area contributed by atoms with Gasteiger partial charge in [0.05, 0.1) is 0 Å². The van der Waals surface area contributed by atoms with Crippen molar-refractivity contribution in [3.8, 4) is 0 Å². The summed E-state index contributed by atoms with van der Waals surface area (Å²) in [6.45, 7) is 14.5. The summed E-state index contributed by atoms with van der Waals surface area (Å²) in [6, 6.07) is 0. The minimum absolute atomic E-state index is 0.233. The first-order chi connectivity index (χ1) is 7.40. The number of hydrogen-bond donors (Lipinski definition) is 1. The van der Waals surface area contributed by atoms with Crippen LogP contribution in [-0.2, 0) is 4.74 Å². The summed E-state index contributed by atoms with van der Waals surface area (Å²) >= 11 is 0. The van der Waals surface area contributed by atoms with Crippen LogP contribution >= 0.6 is 0 Å².